The van der Waals surface area contributed by atoms with Crippen LogP contribution in [0.15, 0.2) is 54.6 Å². The van der Waals surface area contributed by atoms with Gasteiger partial charge in [0.25, 0.3) is 0 Å². The minimum Gasteiger partial charge on any atom is -0.497 e. The molecule has 0 spiro atoms. The van der Waals surface area contributed by atoms with Gasteiger partial charge in [0.15, 0.2) is 0 Å². The average molecular weight is 383 g/mol. The summed E-state index contributed by atoms with van der Waals surface area (Å²) in [6.07, 6.45) is 1.67. The van der Waals surface area contributed by atoms with Gasteiger partial charge in [0.05, 0.1) is 7.11 Å². The molecule has 0 saturated heterocycles. The van der Waals surface area contributed by atoms with Gasteiger partial charge in [-0.15, -0.1) is 0 Å². The number of rotatable bonds is 10. The Morgan fingerprint density at radius 1 is 1.04 bits per heavy atom. The minimum absolute atomic E-state index is 0.0459. The van der Waals surface area contributed by atoms with E-state index in [1.807, 2.05) is 68.4 Å². The van der Waals surface area contributed by atoms with Crippen molar-refractivity contribution in [3.63, 3.8) is 0 Å². The molecular weight excluding hydrogens is 352 g/mol. The lowest BCUT2D eigenvalue weighted by atomic mass is 10.0. The number of ether oxygens (including phenoxy) is 1. The second kappa shape index (κ2) is 11.1. The van der Waals surface area contributed by atoms with E-state index in [0.717, 1.165) is 23.3 Å². The maximum atomic E-state index is 13.0. The molecule has 0 fully saturated rings. The van der Waals surface area contributed by atoms with Gasteiger partial charge in [-0.05, 0) is 29.7 Å². The van der Waals surface area contributed by atoms with Gasteiger partial charge < -0.3 is 15.0 Å². The third kappa shape index (κ3) is 6.12. The third-order valence-electron chi connectivity index (χ3n) is 4.61. The molecule has 0 heterocycles. The number of carbonyl (C=O) groups is 2. The van der Waals surface area contributed by atoms with Gasteiger partial charge in [0.2, 0.25) is 11.8 Å². The van der Waals surface area contributed by atoms with Crippen molar-refractivity contribution >= 4 is 11.8 Å². The summed E-state index contributed by atoms with van der Waals surface area (Å²) in [5.41, 5.74) is 1.96. The number of nitrogens with one attached hydrogen (secondary N) is 1. The van der Waals surface area contributed by atoms with E-state index >= 15 is 0 Å². The summed E-state index contributed by atoms with van der Waals surface area (Å²) in [6, 6.07) is 16.9. The first-order chi connectivity index (χ1) is 13.6. The Labute approximate surface area is 167 Å². The first-order valence-corrected chi connectivity index (χ1v) is 9.83. The first kappa shape index (κ1) is 21.5. The molecule has 0 saturated carbocycles. The Morgan fingerprint density at radius 2 is 1.75 bits per heavy atom. The highest BCUT2D eigenvalue weighted by Crippen LogP contribution is 2.18. The molecular formula is C23H30N2O3. The Hall–Kier alpha value is -2.82. The summed E-state index contributed by atoms with van der Waals surface area (Å²) in [5, 5.41) is 2.96. The standard InChI is InChI=1S/C23H30N2O3/c1-4-14-24-23(27)21(16-18-10-7-6-8-11-18)25(22(26)5-2)17-19-12-9-13-20(15-19)28-3/h6-13,15,21H,4-5,14,16-17H2,1-3H3,(H,24,27)/t21-/m0/s1. The summed E-state index contributed by atoms with van der Waals surface area (Å²) in [5.74, 6) is 0.572. The molecule has 5 nitrogen and oxygen atoms in total. The monoisotopic (exact) mass is 382 g/mol. The second-order valence-corrected chi connectivity index (χ2v) is 6.72. The summed E-state index contributed by atoms with van der Waals surface area (Å²) in [4.78, 5) is 27.4. The Bertz CT molecular complexity index is 761. The van der Waals surface area contributed by atoms with Crippen molar-refractivity contribution in [2.24, 2.45) is 0 Å². The second-order valence-electron chi connectivity index (χ2n) is 6.72. The molecule has 1 atom stereocenters. The maximum absolute atomic E-state index is 13.0. The van der Waals surface area contributed by atoms with E-state index in [9.17, 15) is 9.59 Å². The molecule has 0 unspecified atom stereocenters. The number of amides is 2. The SMILES string of the molecule is CCCNC(=O)[C@H](Cc1ccccc1)N(Cc1cccc(OC)c1)C(=O)CC. The van der Waals surface area contributed by atoms with E-state index < -0.39 is 6.04 Å². The molecule has 2 amide bonds. The van der Waals surface area contributed by atoms with E-state index in [1.165, 1.54) is 0 Å². The van der Waals surface area contributed by atoms with Crippen LogP contribution < -0.4 is 10.1 Å². The van der Waals surface area contributed by atoms with Crippen molar-refractivity contribution in [1.82, 2.24) is 10.2 Å². The van der Waals surface area contributed by atoms with Gasteiger partial charge >= 0.3 is 0 Å². The number of hydrogen-bond acceptors (Lipinski definition) is 3. The maximum Gasteiger partial charge on any atom is 0.243 e. The van der Waals surface area contributed by atoms with Gasteiger partial charge in [0.1, 0.15) is 11.8 Å². The fraction of sp³-hybridized carbons (Fsp3) is 0.391. The van der Waals surface area contributed by atoms with E-state index in [2.05, 4.69) is 5.32 Å². The van der Waals surface area contributed by atoms with Crippen molar-refractivity contribution in [3.8, 4) is 5.75 Å². The zero-order valence-corrected chi connectivity index (χ0v) is 17.0. The molecule has 5 heteroatoms. The summed E-state index contributed by atoms with van der Waals surface area (Å²) in [7, 11) is 1.62. The zero-order valence-electron chi connectivity index (χ0n) is 17.0. The number of benzene rings is 2. The van der Waals surface area contributed by atoms with Crippen molar-refractivity contribution < 1.29 is 14.3 Å². The fourth-order valence-corrected chi connectivity index (χ4v) is 3.09. The minimum atomic E-state index is -0.562. The Balaban J connectivity index is 2.33. The summed E-state index contributed by atoms with van der Waals surface area (Å²) < 4.78 is 5.30. The normalized spacial score (nSPS) is 11.5. The molecule has 0 aliphatic carbocycles. The summed E-state index contributed by atoms with van der Waals surface area (Å²) in [6.45, 7) is 4.79. The van der Waals surface area contributed by atoms with Crippen molar-refractivity contribution in [2.75, 3.05) is 13.7 Å². The lowest BCUT2D eigenvalue weighted by molar-refractivity contribution is -0.141. The van der Waals surface area contributed by atoms with E-state index in [1.54, 1.807) is 12.0 Å². The van der Waals surface area contributed by atoms with Crippen LogP contribution in [0.3, 0.4) is 0 Å². The highest BCUT2D eigenvalue weighted by atomic mass is 16.5. The van der Waals surface area contributed by atoms with Gasteiger partial charge in [-0.3, -0.25) is 9.59 Å². The topological polar surface area (TPSA) is 58.6 Å². The Morgan fingerprint density at radius 3 is 2.39 bits per heavy atom. The van der Waals surface area contributed by atoms with Crippen LogP contribution in [0, 0.1) is 0 Å². The van der Waals surface area contributed by atoms with Crippen LogP contribution >= 0.6 is 0 Å². The van der Waals surface area contributed by atoms with Gasteiger partial charge in [0, 0.05) is 25.9 Å². The smallest absolute Gasteiger partial charge is 0.243 e. The molecule has 0 bridgehead atoms. The highest BCUT2D eigenvalue weighted by Gasteiger charge is 2.29. The predicted molar refractivity (Wildman–Crippen MR) is 111 cm³/mol. The van der Waals surface area contributed by atoms with E-state index in [4.69, 9.17) is 4.74 Å². The zero-order chi connectivity index (χ0) is 20.4. The van der Waals surface area contributed by atoms with Crippen LogP contribution in [-0.2, 0) is 22.6 Å². The molecule has 0 radical (unpaired) electrons. The number of methoxy groups -OCH3 is 1. The number of nitrogens with zero attached hydrogens (tertiary/aromatic N) is 1. The number of carbonyl (C=O) groups excluding carboxylic acids is 2. The van der Waals surface area contributed by atoms with Crippen LogP contribution in [0.4, 0.5) is 0 Å². The summed E-state index contributed by atoms with van der Waals surface area (Å²) >= 11 is 0. The lowest BCUT2D eigenvalue weighted by Crippen LogP contribution is -2.50. The molecule has 0 aliphatic heterocycles. The van der Waals surface area contributed by atoms with Crippen LogP contribution in [0.25, 0.3) is 0 Å². The van der Waals surface area contributed by atoms with E-state index in [0.29, 0.717) is 25.9 Å². The molecule has 28 heavy (non-hydrogen) atoms. The average Bonchev–Trinajstić information content (AvgIpc) is 2.74. The van der Waals surface area contributed by atoms with Gasteiger partial charge in [-0.25, -0.2) is 0 Å². The van der Waals surface area contributed by atoms with Gasteiger partial charge in [-0.2, -0.15) is 0 Å². The molecule has 2 aromatic rings. The molecule has 1 N–H and O–H groups in total. The fourth-order valence-electron chi connectivity index (χ4n) is 3.09. The van der Waals surface area contributed by atoms with Crippen LogP contribution in [0.5, 0.6) is 5.75 Å². The largest absolute Gasteiger partial charge is 0.497 e. The van der Waals surface area contributed by atoms with Crippen molar-refractivity contribution in [2.45, 2.75) is 45.7 Å². The molecule has 150 valence electrons. The predicted octanol–water partition coefficient (Wildman–Crippen LogP) is 3.57. The Kier molecular flexibility index (Phi) is 8.53. The van der Waals surface area contributed by atoms with Crippen molar-refractivity contribution in [1.29, 1.82) is 0 Å². The van der Waals surface area contributed by atoms with E-state index in [-0.39, 0.29) is 11.8 Å². The quantitative estimate of drug-likeness (QED) is 0.683. The van der Waals surface area contributed by atoms with Gasteiger partial charge in [-0.1, -0.05) is 56.3 Å². The van der Waals surface area contributed by atoms with Crippen LogP contribution in [-0.4, -0.2) is 36.4 Å². The van der Waals surface area contributed by atoms with Crippen LogP contribution in [0.1, 0.15) is 37.8 Å². The lowest BCUT2D eigenvalue weighted by Gasteiger charge is -2.31. The molecule has 0 aliphatic rings. The number of hydrogen-bond donors (Lipinski definition) is 1. The molecule has 0 aromatic heterocycles. The first-order valence-electron chi connectivity index (χ1n) is 9.83. The van der Waals surface area contributed by atoms with Crippen LogP contribution in [0.2, 0.25) is 0 Å². The van der Waals surface area contributed by atoms with Crippen molar-refractivity contribution in [3.05, 3.63) is 65.7 Å². The third-order valence-corrected chi connectivity index (χ3v) is 4.61. The molecule has 2 aromatic carbocycles. The highest BCUT2D eigenvalue weighted by molar-refractivity contribution is 5.87. The molecule has 2 rings (SSSR count).